The quantitative estimate of drug-likeness (QED) is 0.522. The zero-order valence-corrected chi connectivity index (χ0v) is 11.5. The molecule has 1 aromatic carbocycles. The van der Waals surface area contributed by atoms with Crippen LogP contribution in [0.1, 0.15) is 13.8 Å². The molecule has 0 bridgehead atoms. The van der Waals surface area contributed by atoms with E-state index in [2.05, 4.69) is 0 Å². The minimum absolute atomic E-state index is 0.100. The Bertz CT molecular complexity index is 440. The molecule has 17 heavy (non-hydrogen) atoms. The molecule has 4 nitrogen and oxygen atoms in total. The largest absolute Gasteiger partial charge is 0.392 e. The van der Waals surface area contributed by atoms with E-state index in [0.29, 0.717) is 4.90 Å². The Kier molecular flexibility index (Phi) is 5.06. The molecule has 0 radical (unpaired) electrons. The van der Waals surface area contributed by atoms with Gasteiger partial charge in [-0.2, -0.15) is 0 Å². The highest BCUT2D eigenvalue weighted by molar-refractivity contribution is 8.00. The van der Waals surface area contributed by atoms with Crippen LogP contribution in [0.15, 0.2) is 17.0 Å². The van der Waals surface area contributed by atoms with Crippen molar-refractivity contribution in [3.05, 3.63) is 32.3 Å². The first kappa shape index (κ1) is 14.6. The average Bonchev–Trinajstić information content (AvgIpc) is 2.22. The molecule has 0 saturated carbocycles. The third kappa shape index (κ3) is 3.74. The lowest BCUT2D eigenvalue weighted by Crippen LogP contribution is -2.15. The molecular formula is C10H11Cl2NO3S. The summed E-state index contributed by atoms with van der Waals surface area (Å²) in [6, 6.07) is 2.67. The molecule has 0 heterocycles. The van der Waals surface area contributed by atoms with Gasteiger partial charge in [0.05, 0.1) is 26.0 Å². The van der Waals surface area contributed by atoms with Gasteiger partial charge in [-0.1, -0.05) is 30.1 Å². The Balaban J connectivity index is 3.13. The highest BCUT2D eigenvalue weighted by atomic mass is 35.5. The number of benzene rings is 1. The van der Waals surface area contributed by atoms with Crippen molar-refractivity contribution >= 4 is 40.7 Å². The molecule has 0 amide bonds. The van der Waals surface area contributed by atoms with Crippen LogP contribution in [-0.4, -0.2) is 21.4 Å². The predicted octanol–water partition coefficient (Wildman–Crippen LogP) is 3.76. The topological polar surface area (TPSA) is 63.4 Å². The Hall–Kier alpha value is -0.490. The minimum Gasteiger partial charge on any atom is -0.392 e. The highest BCUT2D eigenvalue weighted by Crippen LogP contribution is 2.38. The fourth-order valence-corrected chi connectivity index (χ4v) is 2.48. The molecule has 1 rings (SSSR count). The van der Waals surface area contributed by atoms with Gasteiger partial charge in [-0.15, -0.1) is 11.8 Å². The van der Waals surface area contributed by atoms with Crippen LogP contribution in [0.3, 0.4) is 0 Å². The summed E-state index contributed by atoms with van der Waals surface area (Å²) in [5.41, 5.74) is -0.100. The van der Waals surface area contributed by atoms with Gasteiger partial charge in [0.2, 0.25) is 0 Å². The van der Waals surface area contributed by atoms with Crippen LogP contribution >= 0.6 is 35.0 Å². The molecule has 7 heteroatoms. The number of hydrogen-bond acceptors (Lipinski definition) is 4. The molecule has 0 spiro atoms. The van der Waals surface area contributed by atoms with E-state index in [-0.39, 0.29) is 21.0 Å². The number of nitrogens with zero attached hydrogens (tertiary/aromatic N) is 1. The molecule has 0 aliphatic heterocycles. The Morgan fingerprint density at radius 2 is 1.88 bits per heavy atom. The summed E-state index contributed by atoms with van der Waals surface area (Å²) >= 11 is 12.8. The van der Waals surface area contributed by atoms with E-state index >= 15 is 0 Å². The monoisotopic (exact) mass is 295 g/mol. The summed E-state index contributed by atoms with van der Waals surface area (Å²) in [4.78, 5) is 10.8. The summed E-state index contributed by atoms with van der Waals surface area (Å²) < 4.78 is 0. The van der Waals surface area contributed by atoms with Crippen molar-refractivity contribution < 1.29 is 10.0 Å². The molecule has 94 valence electrons. The first-order valence-corrected chi connectivity index (χ1v) is 6.44. The normalized spacial score (nSPS) is 14.4. The lowest BCUT2D eigenvalue weighted by atomic mass is 10.3. The lowest BCUT2D eigenvalue weighted by molar-refractivity contribution is -0.387. The molecule has 1 N–H and O–H groups in total. The van der Waals surface area contributed by atoms with Gasteiger partial charge in [-0.25, -0.2) is 0 Å². The van der Waals surface area contributed by atoms with E-state index in [0.717, 1.165) is 0 Å². The van der Waals surface area contributed by atoms with Gasteiger partial charge in [-0.3, -0.25) is 10.1 Å². The molecule has 0 fully saturated rings. The fraction of sp³-hybridized carbons (Fsp3) is 0.400. The minimum atomic E-state index is -0.575. The maximum atomic E-state index is 10.9. The van der Waals surface area contributed by atoms with E-state index in [4.69, 9.17) is 23.2 Å². The second kappa shape index (κ2) is 5.91. The van der Waals surface area contributed by atoms with Crippen LogP contribution in [0, 0.1) is 10.1 Å². The average molecular weight is 296 g/mol. The first-order valence-electron chi connectivity index (χ1n) is 4.81. The molecule has 1 aromatic rings. The van der Waals surface area contributed by atoms with Crippen LogP contribution in [0.25, 0.3) is 0 Å². The number of thioether (sulfide) groups is 1. The van der Waals surface area contributed by atoms with E-state index in [1.54, 1.807) is 13.8 Å². The van der Waals surface area contributed by atoms with Crippen LogP contribution in [0.5, 0.6) is 0 Å². The van der Waals surface area contributed by atoms with Crippen LogP contribution in [-0.2, 0) is 0 Å². The zero-order valence-electron chi connectivity index (χ0n) is 9.18. The predicted molar refractivity (Wildman–Crippen MR) is 70.1 cm³/mol. The SMILES string of the molecule is CC(O)C(C)Sc1cc(Cl)c(Cl)cc1[N+](=O)[O-]. The van der Waals surface area contributed by atoms with Gasteiger partial charge < -0.3 is 5.11 Å². The van der Waals surface area contributed by atoms with Crippen molar-refractivity contribution in [3.63, 3.8) is 0 Å². The Labute approximate surface area is 113 Å². The smallest absolute Gasteiger partial charge is 0.284 e. The number of halogens is 2. The second-order valence-electron chi connectivity index (χ2n) is 3.55. The number of aliphatic hydroxyl groups is 1. The molecule has 0 aliphatic carbocycles. The summed E-state index contributed by atoms with van der Waals surface area (Å²) in [6.45, 7) is 3.41. The number of nitro groups is 1. The number of nitro benzene ring substituents is 1. The number of rotatable bonds is 4. The highest BCUT2D eigenvalue weighted by Gasteiger charge is 2.21. The third-order valence-corrected chi connectivity index (χ3v) is 4.26. The molecule has 0 saturated heterocycles. The third-order valence-electron chi connectivity index (χ3n) is 2.19. The van der Waals surface area contributed by atoms with Crippen molar-refractivity contribution in [1.82, 2.24) is 0 Å². The van der Waals surface area contributed by atoms with Crippen LogP contribution in [0.4, 0.5) is 5.69 Å². The van der Waals surface area contributed by atoms with Crippen molar-refractivity contribution in [2.75, 3.05) is 0 Å². The molecular weight excluding hydrogens is 285 g/mol. The maximum Gasteiger partial charge on any atom is 0.284 e. The van der Waals surface area contributed by atoms with E-state index < -0.39 is 11.0 Å². The molecule has 2 unspecified atom stereocenters. The summed E-state index contributed by atoms with van der Waals surface area (Å²) in [6.07, 6.45) is -0.575. The number of aliphatic hydroxyl groups excluding tert-OH is 1. The van der Waals surface area contributed by atoms with Crippen molar-refractivity contribution in [2.24, 2.45) is 0 Å². The van der Waals surface area contributed by atoms with Gasteiger partial charge in [0, 0.05) is 11.3 Å². The van der Waals surface area contributed by atoms with E-state index in [1.165, 1.54) is 23.9 Å². The van der Waals surface area contributed by atoms with Gasteiger partial charge in [0.25, 0.3) is 5.69 Å². The molecule has 2 atom stereocenters. The Morgan fingerprint density at radius 3 is 2.35 bits per heavy atom. The number of hydrogen-bond donors (Lipinski definition) is 1. The second-order valence-corrected chi connectivity index (χ2v) is 5.79. The van der Waals surface area contributed by atoms with E-state index in [9.17, 15) is 15.2 Å². The summed E-state index contributed by atoms with van der Waals surface area (Å²) in [7, 11) is 0. The Morgan fingerprint density at radius 1 is 1.35 bits per heavy atom. The van der Waals surface area contributed by atoms with Crippen molar-refractivity contribution in [3.8, 4) is 0 Å². The lowest BCUT2D eigenvalue weighted by Gasteiger charge is -2.14. The molecule has 0 aromatic heterocycles. The maximum absolute atomic E-state index is 10.9. The first-order chi connectivity index (χ1) is 7.82. The van der Waals surface area contributed by atoms with Crippen molar-refractivity contribution in [1.29, 1.82) is 0 Å². The van der Waals surface area contributed by atoms with E-state index in [1.807, 2.05) is 0 Å². The van der Waals surface area contributed by atoms with Gasteiger partial charge in [-0.05, 0) is 13.0 Å². The summed E-state index contributed by atoms with van der Waals surface area (Å²) in [5, 5.41) is 20.5. The van der Waals surface area contributed by atoms with Crippen LogP contribution in [0.2, 0.25) is 10.0 Å². The fourth-order valence-electron chi connectivity index (χ4n) is 1.05. The van der Waals surface area contributed by atoms with Gasteiger partial charge in [0.15, 0.2) is 0 Å². The summed E-state index contributed by atoms with van der Waals surface area (Å²) in [5.74, 6) is 0. The standard InChI is InChI=1S/C10H11Cl2NO3S/c1-5(14)6(2)17-10-4-8(12)7(11)3-9(10)13(15)16/h3-6,14H,1-2H3. The van der Waals surface area contributed by atoms with Gasteiger partial charge >= 0.3 is 0 Å². The van der Waals surface area contributed by atoms with Crippen LogP contribution < -0.4 is 0 Å². The van der Waals surface area contributed by atoms with Gasteiger partial charge in [0.1, 0.15) is 0 Å². The van der Waals surface area contributed by atoms with Crippen molar-refractivity contribution in [2.45, 2.75) is 30.1 Å². The molecule has 0 aliphatic rings. The zero-order chi connectivity index (χ0) is 13.2.